The first-order valence-corrected chi connectivity index (χ1v) is 8.42. The van der Waals surface area contributed by atoms with Gasteiger partial charge in [-0.3, -0.25) is 4.79 Å². The molecular formula is C17H25ClN2O3. The third kappa shape index (κ3) is 4.30. The Hall–Kier alpha value is -1.46. The molecule has 1 N–H and O–H groups in total. The minimum atomic E-state index is -0.00551. The minimum Gasteiger partial charge on any atom is -0.493 e. The molecule has 1 saturated heterocycles. The predicted molar refractivity (Wildman–Crippen MR) is 91.7 cm³/mol. The summed E-state index contributed by atoms with van der Waals surface area (Å²) in [7, 11) is 3.49. The standard InChI is InChI=1S/C17H25ClN2O3/c1-4-23-16-14(18)8-13(9-15(16)22-3)17(21)20-7-5-6-12(11-20)10-19-2/h8-9,12,19H,4-7,10-11H2,1-3H3. The van der Waals surface area contributed by atoms with E-state index in [4.69, 9.17) is 21.1 Å². The van der Waals surface area contributed by atoms with Crippen LogP contribution in [0.2, 0.25) is 5.02 Å². The van der Waals surface area contributed by atoms with Crippen molar-refractivity contribution in [3.63, 3.8) is 0 Å². The van der Waals surface area contributed by atoms with Gasteiger partial charge < -0.3 is 19.7 Å². The van der Waals surface area contributed by atoms with Crippen LogP contribution in [0, 0.1) is 5.92 Å². The van der Waals surface area contributed by atoms with E-state index in [1.54, 1.807) is 19.2 Å². The lowest BCUT2D eigenvalue weighted by molar-refractivity contribution is 0.0674. The van der Waals surface area contributed by atoms with Gasteiger partial charge in [0.15, 0.2) is 11.5 Å². The largest absolute Gasteiger partial charge is 0.493 e. The number of benzene rings is 1. The van der Waals surface area contributed by atoms with Crippen molar-refractivity contribution in [1.82, 2.24) is 10.2 Å². The molecule has 1 aromatic rings. The van der Waals surface area contributed by atoms with E-state index < -0.39 is 0 Å². The van der Waals surface area contributed by atoms with E-state index >= 15 is 0 Å². The van der Waals surface area contributed by atoms with Gasteiger partial charge in [-0.1, -0.05) is 11.6 Å². The van der Waals surface area contributed by atoms with Crippen molar-refractivity contribution in [3.8, 4) is 11.5 Å². The Bertz CT molecular complexity index is 549. The zero-order valence-electron chi connectivity index (χ0n) is 14.0. The van der Waals surface area contributed by atoms with Crippen molar-refractivity contribution in [3.05, 3.63) is 22.7 Å². The first kappa shape index (κ1) is 17.9. The molecule has 2 rings (SSSR count). The summed E-state index contributed by atoms with van der Waals surface area (Å²) >= 11 is 6.27. The number of methoxy groups -OCH3 is 1. The summed E-state index contributed by atoms with van der Waals surface area (Å²) in [5.41, 5.74) is 0.542. The van der Waals surface area contributed by atoms with Gasteiger partial charge in [0, 0.05) is 18.7 Å². The molecule has 1 aliphatic heterocycles. The number of carbonyl (C=O) groups excluding carboxylic acids is 1. The predicted octanol–water partition coefficient (Wildman–Crippen LogP) is 2.82. The Balaban J connectivity index is 2.20. The van der Waals surface area contributed by atoms with Crippen molar-refractivity contribution in [2.45, 2.75) is 19.8 Å². The quantitative estimate of drug-likeness (QED) is 0.865. The molecule has 5 nitrogen and oxygen atoms in total. The second kappa shape index (κ2) is 8.41. The Morgan fingerprint density at radius 2 is 2.26 bits per heavy atom. The lowest BCUT2D eigenvalue weighted by Gasteiger charge is -2.33. The molecule has 1 amide bonds. The van der Waals surface area contributed by atoms with Crippen molar-refractivity contribution in [2.75, 3.05) is 40.4 Å². The molecule has 1 aromatic carbocycles. The molecule has 0 radical (unpaired) electrons. The number of rotatable bonds is 6. The van der Waals surface area contributed by atoms with Gasteiger partial charge in [-0.05, 0) is 51.4 Å². The Labute approximate surface area is 142 Å². The van der Waals surface area contributed by atoms with Crippen molar-refractivity contribution < 1.29 is 14.3 Å². The zero-order chi connectivity index (χ0) is 16.8. The third-order valence-electron chi connectivity index (χ3n) is 4.06. The molecule has 1 heterocycles. The molecule has 23 heavy (non-hydrogen) atoms. The molecule has 1 unspecified atom stereocenters. The number of hydrogen-bond donors (Lipinski definition) is 1. The molecule has 1 atom stereocenters. The lowest BCUT2D eigenvalue weighted by Crippen LogP contribution is -2.42. The summed E-state index contributed by atoms with van der Waals surface area (Å²) in [6.45, 7) is 4.85. The van der Waals surface area contributed by atoms with Gasteiger partial charge in [0.2, 0.25) is 0 Å². The van der Waals surface area contributed by atoms with Gasteiger partial charge in [0.25, 0.3) is 5.91 Å². The minimum absolute atomic E-state index is 0.00551. The SMILES string of the molecule is CCOc1c(Cl)cc(C(=O)N2CCCC(CNC)C2)cc1OC. The van der Waals surface area contributed by atoms with E-state index in [9.17, 15) is 4.79 Å². The molecule has 0 aliphatic carbocycles. The fraction of sp³-hybridized carbons (Fsp3) is 0.588. The maximum absolute atomic E-state index is 12.8. The fourth-order valence-electron chi connectivity index (χ4n) is 3.02. The van der Waals surface area contributed by atoms with Crippen LogP contribution in [0.25, 0.3) is 0 Å². The van der Waals surface area contributed by atoms with Crippen LogP contribution in [0.3, 0.4) is 0 Å². The monoisotopic (exact) mass is 340 g/mol. The molecular weight excluding hydrogens is 316 g/mol. The topological polar surface area (TPSA) is 50.8 Å². The number of nitrogens with zero attached hydrogens (tertiary/aromatic N) is 1. The van der Waals surface area contributed by atoms with E-state index in [0.717, 1.165) is 32.5 Å². The molecule has 1 fully saturated rings. The van der Waals surface area contributed by atoms with E-state index in [2.05, 4.69) is 5.32 Å². The van der Waals surface area contributed by atoms with Crippen molar-refractivity contribution >= 4 is 17.5 Å². The maximum atomic E-state index is 12.8. The molecule has 128 valence electrons. The number of halogens is 1. The van der Waals surface area contributed by atoms with Crippen LogP contribution in [0.15, 0.2) is 12.1 Å². The number of amides is 1. The number of piperidine rings is 1. The van der Waals surface area contributed by atoms with Crippen LogP contribution in [-0.4, -0.2) is 51.2 Å². The summed E-state index contributed by atoms with van der Waals surface area (Å²) in [5, 5.41) is 3.59. The summed E-state index contributed by atoms with van der Waals surface area (Å²) < 4.78 is 10.8. The highest BCUT2D eigenvalue weighted by molar-refractivity contribution is 6.32. The number of carbonyl (C=O) groups is 1. The van der Waals surface area contributed by atoms with Gasteiger partial charge in [0.05, 0.1) is 18.7 Å². The second-order valence-corrected chi connectivity index (χ2v) is 6.15. The van der Waals surface area contributed by atoms with Crippen molar-refractivity contribution in [1.29, 1.82) is 0 Å². The van der Waals surface area contributed by atoms with Crippen LogP contribution >= 0.6 is 11.6 Å². The van der Waals surface area contributed by atoms with Gasteiger partial charge in [-0.15, -0.1) is 0 Å². The smallest absolute Gasteiger partial charge is 0.254 e. The first-order valence-electron chi connectivity index (χ1n) is 8.04. The van der Waals surface area contributed by atoms with E-state index in [-0.39, 0.29) is 5.91 Å². The van der Waals surface area contributed by atoms with Crippen LogP contribution in [0.4, 0.5) is 0 Å². The van der Waals surface area contributed by atoms with E-state index in [1.165, 1.54) is 0 Å². The molecule has 6 heteroatoms. The number of hydrogen-bond acceptors (Lipinski definition) is 4. The summed E-state index contributed by atoms with van der Waals surface area (Å²) in [5.74, 6) is 1.47. The molecule has 0 spiro atoms. The summed E-state index contributed by atoms with van der Waals surface area (Å²) in [6.07, 6.45) is 2.18. The Morgan fingerprint density at radius 1 is 1.48 bits per heavy atom. The van der Waals surface area contributed by atoms with Crippen LogP contribution in [0.5, 0.6) is 11.5 Å². The average molecular weight is 341 g/mol. The van der Waals surface area contributed by atoms with Crippen LogP contribution in [0.1, 0.15) is 30.1 Å². The van der Waals surface area contributed by atoms with Gasteiger partial charge in [-0.25, -0.2) is 0 Å². The average Bonchev–Trinajstić information content (AvgIpc) is 2.56. The molecule has 0 bridgehead atoms. The van der Waals surface area contributed by atoms with Crippen LogP contribution < -0.4 is 14.8 Å². The molecule has 1 aliphatic rings. The van der Waals surface area contributed by atoms with Crippen molar-refractivity contribution in [2.24, 2.45) is 5.92 Å². The third-order valence-corrected chi connectivity index (χ3v) is 4.34. The zero-order valence-corrected chi connectivity index (χ0v) is 14.8. The normalized spacial score (nSPS) is 17.9. The highest BCUT2D eigenvalue weighted by Crippen LogP contribution is 2.37. The lowest BCUT2D eigenvalue weighted by atomic mass is 9.97. The Kier molecular flexibility index (Phi) is 6.54. The van der Waals surface area contributed by atoms with Crippen LogP contribution in [-0.2, 0) is 0 Å². The highest BCUT2D eigenvalue weighted by Gasteiger charge is 2.25. The second-order valence-electron chi connectivity index (χ2n) is 5.74. The highest BCUT2D eigenvalue weighted by atomic mass is 35.5. The van der Waals surface area contributed by atoms with E-state index in [1.807, 2.05) is 18.9 Å². The summed E-state index contributed by atoms with van der Waals surface area (Å²) in [4.78, 5) is 14.7. The fourth-order valence-corrected chi connectivity index (χ4v) is 3.28. The first-order chi connectivity index (χ1) is 11.1. The number of likely N-dealkylation sites (tertiary alicyclic amines) is 1. The summed E-state index contributed by atoms with van der Waals surface area (Å²) in [6, 6.07) is 3.37. The van der Waals surface area contributed by atoms with Gasteiger partial charge in [0.1, 0.15) is 0 Å². The molecule has 0 aromatic heterocycles. The maximum Gasteiger partial charge on any atom is 0.254 e. The van der Waals surface area contributed by atoms with Gasteiger partial charge in [-0.2, -0.15) is 0 Å². The number of ether oxygens (including phenoxy) is 2. The van der Waals surface area contributed by atoms with Gasteiger partial charge >= 0.3 is 0 Å². The Morgan fingerprint density at radius 3 is 2.91 bits per heavy atom. The number of nitrogens with one attached hydrogen (secondary N) is 1. The molecule has 0 saturated carbocycles. The van der Waals surface area contributed by atoms with E-state index in [0.29, 0.717) is 34.6 Å².